The molecule has 2 aliphatic rings. The SMILES string of the molecule is CC(C)N1CCN(C(=O)N2CCC(C)(C(=O)O)CC2)CC1. The summed E-state index contributed by atoms with van der Waals surface area (Å²) in [6.45, 7) is 10.6. The molecule has 2 heterocycles. The van der Waals surface area contributed by atoms with Crippen LogP contribution in [0.3, 0.4) is 0 Å². The van der Waals surface area contributed by atoms with Crippen molar-refractivity contribution in [1.82, 2.24) is 14.7 Å². The fourth-order valence-corrected chi connectivity index (χ4v) is 3.04. The maximum Gasteiger partial charge on any atom is 0.320 e. The van der Waals surface area contributed by atoms with Crippen molar-refractivity contribution in [2.45, 2.75) is 39.7 Å². The Kier molecular flexibility index (Phi) is 4.76. The molecule has 2 fully saturated rings. The highest BCUT2D eigenvalue weighted by molar-refractivity contribution is 5.77. The molecular weight excluding hydrogens is 270 g/mol. The summed E-state index contributed by atoms with van der Waals surface area (Å²) < 4.78 is 0. The predicted molar refractivity (Wildman–Crippen MR) is 80.2 cm³/mol. The highest BCUT2D eigenvalue weighted by atomic mass is 16.4. The molecule has 0 aliphatic carbocycles. The molecule has 0 aromatic rings. The summed E-state index contributed by atoms with van der Waals surface area (Å²) in [7, 11) is 0. The quantitative estimate of drug-likeness (QED) is 0.835. The van der Waals surface area contributed by atoms with Crippen LogP contribution in [0.4, 0.5) is 4.79 Å². The second kappa shape index (κ2) is 6.22. The van der Waals surface area contributed by atoms with E-state index in [0.29, 0.717) is 32.0 Å². The van der Waals surface area contributed by atoms with Gasteiger partial charge >= 0.3 is 12.0 Å². The third-order valence-electron chi connectivity index (χ3n) is 4.97. The molecule has 0 aromatic carbocycles. The molecule has 6 nitrogen and oxygen atoms in total. The predicted octanol–water partition coefficient (Wildman–Crippen LogP) is 1.32. The van der Waals surface area contributed by atoms with Gasteiger partial charge in [0.05, 0.1) is 5.41 Å². The highest BCUT2D eigenvalue weighted by Crippen LogP contribution is 2.31. The van der Waals surface area contributed by atoms with Gasteiger partial charge in [-0.05, 0) is 33.6 Å². The second-order valence-corrected chi connectivity index (χ2v) is 6.75. The van der Waals surface area contributed by atoms with Crippen molar-refractivity contribution in [2.24, 2.45) is 5.41 Å². The average Bonchev–Trinajstić information content (AvgIpc) is 2.47. The monoisotopic (exact) mass is 297 g/mol. The van der Waals surface area contributed by atoms with Crippen molar-refractivity contribution >= 4 is 12.0 Å². The molecule has 2 saturated heterocycles. The van der Waals surface area contributed by atoms with Gasteiger partial charge in [-0.1, -0.05) is 0 Å². The molecule has 0 saturated carbocycles. The first-order valence-corrected chi connectivity index (χ1v) is 7.85. The van der Waals surface area contributed by atoms with Gasteiger partial charge in [0.15, 0.2) is 0 Å². The third-order valence-corrected chi connectivity index (χ3v) is 4.97. The van der Waals surface area contributed by atoms with Crippen LogP contribution in [0.5, 0.6) is 0 Å². The Labute approximate surface area is 126 Å². The maximum atomic E-state index is 12.5. The number of hydrogen-bond donors (Lipinski definition) is 1. The van der Waals surface area contributed by atoms with Crippen molar-refractivity contribution in [3.8, 4) is 0 Å². The molecule has 120 valence electrons. The van der Waals surface area contributed by atoms with Gasteiger partial charge in [-0.25, -0.2) is 4.79 Å². The normalized spacial score (nSPS) is 23.4. The van der Waals surface area contributed by atoms with Gasteiger partial charge in [0.25, 0.3) is 0 Å². The second-order valence-electron chi connectivity index (χ2n) is 6.75. The van der Waals surface area contributed by atoms with Crippen LogP contribution in [0.1, 0.15) is 33.6 Å². The lowest BCUT2D eigenvalue weighted by Crippen LogP contribution is -2.56. The number of carbonyl (C=O) groups excluding carboxylic acids is 1. The van der Waals surface area contributed by atoms with E-state index in [4.69, 9.17) is 0 Å². The molecule has 6 heteroatoms. The van der Waals surface area contributed by atoms with Crippen LogP contribution >= 0.6 is 0 Å². The first-order valence-electron chi connectivity index (χ1n) is 7.85. The van der Waals surface area contributed by atoms with E-state index in [1.54, 1.807) is 6.92 Å². The third kappa shape index (κ3) is 3.48. The number of carboxylic acids is 1. The molecule has 0 radical (unpaired) electrons. The molecule has 0 unspecified atom stereocenters. The average molecular weight is 297 g/mol. The zero-order valence-electron chi connectivity index (χ0n) is 13.3. The summed E-state index contributed by atoms with van der Waals surface area (Å²) >= 11 is 0. The Morgan fingerprint density at radius 2 is 1.43 bits per heavy atom. The standard InChI is InChI=1S/C15H27N3O3/c1-12(2)16-8-10-18(11-9-16)14(21)17-6-4-15(3,5-7-17)13(19)20/h12H,4-11H2,1-3H3,(H,19,20). The summed E-state index contributed by atoms with van der Waals surface area (Å²) in [6.07, 6.45) is 1.08. The van der Waals surface area contributed by atoms with Crippen molar-refractivity contribution in [1.29, 1.82) is 0 Å². The number of amides is 2. The van der Waals surface area contributed by atoms with Crippen LogP contribution in [0.25, 0.3) is 0 Å². The van der Waals surface area contributed by atoms with E-state index in [0.717, 1.165) is 26.2 Å². The molecule has 2 aliphatic heterocycles. The summed E-state index contributed by atoms with van der Waals surface area (Å²) in [5.41, 5.74) is -0.673. The molecule has 0 aromatic heterocycles. The summed E-state index contributed by atoms with van der Waals surface area (Å²) in [5.74, 6) is -0.750. The van der Waals surface area contributed by atoms with Gasteiger partial charge in [-0.2, -0.15) is 0 Å². The molecule has 1 N–H and O–H groups in total. The van der Waals surface area contributed by atoms with E-state index < -0.39 is 11.4 Å². The smallest absolute Gasteiger partial charge is 0.320 e. The molecule has 0 atom stereocenters. The Bertz CT molecular complexity index is 395. The first-order chi connectivity index (χ1) is 9.83. The van der Waals surface area contributed by atoms with Crippen molar-refractivity contribution < 1.29 is 14.7 Å². The van der Waals surface area contributed by atoms with Crippen LogP contribution in [-0.2, 0) is 4.79 Å². The molecule has 2 amide bonds. The van der Waals surface area contributed by atoms with E-state index in [9.17, 15) is 14.7 Å². The Balaban J connectivity index is 1.84. The number of hydrogen-bond acceptors (Lipinski definition) is 3. The fourth-order valence-electron chi connectivity index (χ4n) is 3.04. The topological polar surface area (TPSA) is 64.1 Å². The number of aliphatic carboxylic acids is 1. The highest BCUT2D eigenvalue weighted by Gasteiger charge is 2.39. The number of rotatable bonds is 2. The van der Waals surface area contributed by atoms with E-state index >= 15 is 0 Å². The fraction of sp³-hybridized carbons (Fsp3) is 0.867. The lowest BCUT2D eigenvalue weighted by atomic mass is 9.80. The number of piperazine rings is 1. The van der Waals surface area contributed by atoms with Crippen molar-refractivity contribution in [3.05, 3.63) is 0 Å². The molecule has 0 bridgehead atoms. The van der Waals surface area contributed by atoms with Crippen molar-refractivity contribution in [3.63, 3.8) is 0 Å². The van der Waals surface area contributed by atoms with Crippen LogP contribution < -0.4 is 0 Å². The molecular formula is C15H27N3O3. The summed E-state index contributed by atoms with van der Waals surface area (Å²) in [4.78, 5) is 29.8. The number of carbonyl (C=O) groups is 2. The number of urea groups is 1. The Morgan fingerprint density at radius 3 is 1.86 bits per heavy atom. The first kappa shape index (κ1) is 16.1. The van der Waals surface area contributed by atoms with Crippen LogP contribution in [0.15, 0.2) is 0 Å². The Morgan fingerprint density at radius 1 is 0.952 bits per heavy atom. The van der Waals surface area contributed by atoms with Gasteiger partial charge in [0, 0.05) is 45.3 Å². The maximum absolute atomic E-state index is 12.5. The van der Waals surface area contributed by atoms with E-state index in [1.165, 1.54) is 0 Å². The van der Waals surface area contributed by atoms with E-state index in [1.807, 2.05) is 9.80 Å². The molecule has 2 rings (SSSR count). The molecule has 21 heavy (non-hydrogen) atoms. The van der Waals surface area contributed by atoms with Gasteiger partial charge in [-0.3, -0.25) is 9.69 Å². The van der Waals surface area contributed by atoms with E-state index in [2.05, 4.69) is 18.7 Å². The minimum atomic E-state index is -0.750. The number of nitrogens with zero attached hydrogens (tertiary/aromatic N) is 3. The van der Waals surface area contributed by atoms with Crippen LogP contribution in [-0.4, -0.2) is 77.1 Å². The van der Waals surface area contributed by atoms with Gasteiger partial charge in [0.2, 0.25) is 0 Å². The van der Waals surface area contributed by atoms with Crippen molar-refractivity contribution in [2.75, 3.05) is 39.3 Å². The zero-order chi connectivity index (χ0) is 15.6. The minimum Gasteiger partial charge on any atom is -0.481 e. The Hall–Kier alpha value is -1.30. The summed E-state index contributed by atoms with van der Waals surface area (Å²) in [6, 6.07) is 0.597. The lowest BCUT2D eigenvalue weighted by Gasteiger charge is -2.42. The van der Waals surface area contributed by atoms with E-state index in [-0.39, 0.29) is 6.03 Å². The minimum absolute atomic E-state index is 0.0749. The number of piperidine rings is 1. The lowest BCUT2D eigenvalue weighted by molar-refractivity contribution is -0.150. The number of carboxylic acid groups (broad SMARTS) is 1. The van der Waals surface area contributed by atoms with Crippen LogP contribution in [0, 0.1) is 5.41 Å². The van der Waals surface area contributed by atoms with Gasteiger partial charge in [0.1, 0.15) is 0 Å². The largest absolute Gasteiger partial charge is 0.481 e. The van der Waals surface area contributed by atoms with Gasteiger partial charge in [-0.15, -0.1) is 0 Å². The number of likely N-dealkylation sites (tertiary alicyclic amines) is 1. The molecule has 0 spiro atoms. The van der Waals surface area contributed by atoms with Crippen LogP contribution in [0.2, 0.25) is 0 Å². The van der Waals surface area contributed by atoms with Gasteiger partial charge < -0.3 is 14.9 Å². The zero-order valence-corrected chi connectivity index (χ0v) is 13.3. The summed E-state index contributed by atoms with van der Waals surface area (Å²) in [5, 5.41) is 9.23.